The molecule has 2 aromatic carbocycles. The van der Waals surface area contributed by atoms with Gasteiger partial charge in [-0.05, 0) is 40.8 Å². The Hall–Kier alpha value is -1.74. The quantitative estimate of drug-likeness (QED) is 0.794. The lowest BCUT2D eigenvalue weighted by Crippen LogP contribution is -2.32. The molecule has 2 nitrogen and oxygen atoms in total. The normalized spacial score (nSPS) is 23.4. The van der Waals surface area contributed by atoms with E-state index in [2.05, 4.69) is 24.3 Å². The Bertz CT molecular complexity index is 695. The third-order valence-corrected chi connectivity index (χ3v) is 4.86. The molecule has 0 saturated heterocycles. The fraction of sp³-hybridized carbons (Fsp3) is 0.188. The Morgan fingerprint density at radius 2 is 1.89 bits per heavy atom. The summed E-state index contributed by atoms with van der Waals surface area (Å²) in [6.07, 6.45) is 0.877. The molecule has 1 aliphatic heterocycles. The Balaban J connectivity index is 2.03. The first kappa shape index (κ1) is 11.1. The van der Waals surface area contributed by atoms with E-state index in [0.717, 1.165) is 12.2 Å². The lowest BCUT2D eigenvalue weighted by molar-refractivity contribution is 0.473. The number of aliphatic imine (C=N–C) groups is 1. The largest absolute Gasteiger partial charge is 0.508 e. The van der Waals surface area contributed by atoms with Crippen molar-refractivity contribution in [3.05, 3.63) is 64.7 Å². The summed E-state index contributed by atoms with van der Waals surface area (Å²) in [5, 5.41) is 9.72. The number of phenolic OH excluding ortho intramolecular Hbond substituents is 1. The van der Waals surface area contributed by atoms with Crippen LogP contribution < -0.4 is 0 Å². The number of rotatable bonds is 0. The van der Waals surface area contributed by atoms with Gasteiger partial charge in [0.1, 0.15) is 11.3 Å². The number of hydrogen-bond acceptors (Lipinski definition) is 3. The van der Waals surface area contributed by atoms with Crippen molar-refractivity contribution >= 4 is 17.3 Å². The molecule has 3 heteroatoms. The van der Waals surface area contributed by atoms with Gasteiger partial charge < -0.3 is 5.11 Å². The van der Waals surface area contributed by atoms with Crippen LogP contribution in [0.25, 0.3) is 0 Å². The molecule has 0 radical (unpaired) electrons. The predicted molar refractivity (Wildman–Crippen MR) is 79.1 cm³/mol. The van der Waals surface area contributed by atoms with Gasteiger partial charge in [0.05, 0.1) is 5.55 Å². The van der Waals surface area contributed by atoms with E-state index in [1.807, 2.05) is 17.7 Å². The molecule has 1 aliphatic carbocycles. The van der Waals surface area contributed by atoms with Gasteiger partial charge in [-0.25, -0.2) is 0 Å². The van der Waals surface area contributed by atoms with Crippen molar-refractivity contribution in [2.24, 2.45) is 4.99 Å². The van der Waals surface area contributed by atoms with Crippen molar-refractivity contribution in [1.29, 1.82) is 0 Å². The number of benzene rings is 2. The van der Waals surface area contributed by atoms with E-state index in [0.29, 0.717) is 5.75 Å². The summed E-state index contributed by atoms with van der Waals surface area (Å²) in [7, 11) is 0. The Morgan fingerprint density at radius 3 is 2.74 bits per heavy atom. The highest BCUT2D eigenvalue weighted by molar-refractivity contribution is 8.12. The number of thioether (sulfide) groups is 1. The van der Waals surface area contributed by atoms with Crippen molar-refractivity contribution in [2.75, 3.05) is 5.75 Å². The van der Waals surface area contributed by atoms with Crippen LogP contribution in [0, 0.1) is 0 Å². The van der Waals surface area contributed by atoms with Crippen LogP contribution in [0.2, 0.25) is 0 Å². The summed E-state index contributed by atoms with van der Waals surface area (Å²) < 4.78 is 0. The predicted octanol–water partition coefficient (Wildman–Crippen LogP) is 3.32. The molecular weight excluding hydrogens is 254 g/mol. The average Bonchev–Trinajstić information content (AvgIpc) is 2.89. The van der Waals surface area contributed by atoms with E-state index in [1.165, 1.54) is 22.3 Å². The summed E-state index contributed by atoms with van der Waals surface area (Å²) in [4.78, 5) is 4.80. The van der Waals surface area contributed by atoms with Crippen LogP contribution in [-0.2, 0) is 12.0 Å². The van der Waals surface area contributed by atoms with Gasteiger partial charge in [0.15, 0.2) is 0 Å². The van der Waals surface area contributed by atoms with Gasteiger partial charge in [-0.1, -0.05) is 30.3 Å². The van der Waals surface area contributed by atoms with Crippen LogP contribution in [-0.4, -0.2) is 16.4 Å². The highest BCUT2D eigenvalue weighted by Gasteiger charge is 2.42. The first-order chi connectivity index (χ1) is 9.29. The molecule has 0 fully saturated rings. The molecule has 1 spiro atoms. The molecule has 1 heterocycles. The van der Waals surface area contributed by atoms with E-state index in [4.69, 9.17) is 4.99 Å². The number of phenols is 1. The molecule has 1 N–H and O–H groups in total. The van der Waals surface area contributed by atoms with Crippen molar-refractivity contribution in [2.45, 2.75) is 12.0 Å². The number of hydrogen-bond donors (Lipinski definition) is 1. The Kier molecular flexibility index (Phi) is 2.27. The second-order valence-corrected chi connectivity index (χ2v) is 5.91. The van der Waals surface area contributed by atoms with Crippen LogP contribution in [0.4, 0.5) is 0 Å². The minimum atomic E-state index is -0.247. The van der Waals surface area contributed by atoms with Crippen LogP contribution in [0.5, 0.6) is 5.75 Å². The molecule has 19 heavy (non-hydrogen) atoms. The van der Waals surface area contributed by atoms with Crippen molar-refractivity contribution in [1.82, 2.24) is 0 Å². The minimum Gasteiger partial charge on any atom is -0.508 e. The highest BCUT2D eigenvalue weighted by Crippen LogP contribution is 2.47. The van der Waals surface area contributed by atoms with Crippen LogP contribution in [0.3, 0.4) is 0 Å². The zero-order chi connectivity index (χ0) is 12.9. The molecule has 0 amide bonds. The van der Waals surface area contributed by atoms with Gasteiger partial charge >= 0.3 is 0 Å². The van der Waals surface area contributed by atoms with Crippen molar-refractivity contribution in [3.8, 4) is 5.75 Å². The lowest BCUT2D eigenvalue weighted by Gasteiger charge is -2.35. The van der Waals surface area contributed by atoms with E-state index in [9.17, 15) is 5.11 Å². The van der Waals surface area contributed by atoms with Crippen LogP contribution in [0.15, 0.2) is 47.5 Å². The maximum atomic E-state index is 9.72. The molecule has 0 saturated carbocycles. The third-order valence-electron chi connectivity index (χ3n) is 4.02. The molecule has 1 atom stereocenters. The topological polar surface area (TPSA) is 32.6 Å². The monoisotopic (exact) mass is 267 g/mol. The zero-order valence-corrected chi connectivity index (χ0v) is 11.2. The van der Waals surface area contributed by atoms with Crippen LogP contribution >= 0.6 is 11.8 Å². The second kappa shape index (κ2) is 3.87. The summed E-state index contributed by atoms with van der Waals surface area (Å²) >= 11 is 1.76. The number of nitrogens with zero attached hydrogens (tertiary/aromatic N) is 1. The van der Waals surface area contributed by atoms with Gasteiger partial charge in [0.25, 0.3) is 0 Å². The molecule has 1 unspecified atom stereocenters. The zero-order valence-electron chi connectivity index (χ0n) is 10.3. The van der Waals surface area contributed by atoms with E-state index < -0.39 is 0 Å². The van der Waals surface area contributed by atoms with Crippen molar-refractivity contribution in [3.63, 3.8) is 0 Å². The Morgan fingerprint density at radius 1 is 1.05 bits per heavy atom. The molecule has 2 aliphatic rings. The molecule has 2 aromatic rings. The summed E-state index contributed by atoms with van der Waals surface area (Å²) in [6.45, 7) is 0. The molecule has 94 valence electrons. The maximum absolute atomic E-state index is 9.72. The maximum Gasteiger partial charge on any atom is 0.121 e. The SMILES string of the molecule is Oc1ccc2c(c1)Cc1ccccc1C21CSC=N1. The standard InChI is InChI=1S/C16H13NOS/c18-13-5-6-15-12(8-13)7-11-3-1-2-4-14(11)16(15)9-19-10-17-16/h1-6,8,10,18H,7,9H2. The smallest absolute Gasteiger partial charge is 0.121 e. The lowest BCUT2D eigenvalue weighted by atomic mass is 9.74. The molecular formula is C16H13NOS. The molecule has 0 aromatic heterocycles. The van der Waals surface area contributed by atoms with Gasteiger partial charge in [-0.15, -0.1) is 11.8 Å². The van der Waals surface area contributed by atoms with Gasteiger partial charge in [0, 0.05) is 5.75 Å². The summed E-state index contributed by atoms with van der Waals surface area (Å²) in [6, 6.07) is 14.2. The summed E-state index contributed by atoms with van der Waals surface area (Å²) in [5.74, 6) is 1.28. The fourth-order valence-corrected chi connectivity index (χ4v) is 4.13. The van der Waals surface area contributed by atoms with E-state index in [-0.39, 0.29) is 5.54 Å². The van der Waals surface area contributed by atoms with E-state index >= 15 is 0 Å². The fourth-order valence-electron chi connectivity index (χ4n) is 3.18. The van der Waals surface area contributed by atoms with E-state index in [1.54, 1.807) is 17.8 Å². The number of aromatic hydroxyl groups is 1. The first-order valence-electron chi connectivity index (χ1n) is 6.36. The third kappa shape index (κ3) is 1.48. The summed E-state index contributed by atoms with van der Waals surface area (Å²) in [5.41, 5.74) is 6.78. The highest BCUT2D eigenvalue weighted by atomic mass is 32.2. The second-order valence-electron chi connectivity index (χ2n) is 5.08. The molecule has 0 bridgehead atoms. The minimum absolute atomic E-state index is 0.247. The van der Waals surface area contributed by atoms with Gasteiger partial charge in [-0.3, -0.25) is 4.99 Å². The molecule has 4 rings (SSSR count). The van der Waals surface area contributed by atoms with Crippen molar-refractivity contribution < 1.29 is 5.11 Å². The Labute approximate surface area is 116 Å². The number of fused-ring (bicyclic) bond motifs is 4. The van der Waals surface area contributed by atoms with Crippen LogP contribution in [0.1, 0.15) is 22.3 Å². The van der Waals surface area contributed by atoms with Gasteiger partial charge in [0.2, 0.25) is 0 Å². The van der Waals surface area contributed by atoms with Gasteiger partial charge in [-0.2, -0.15) is 0 Å². The first-order valence-corrected chi connectivity index (χ1v) is 7.40. The average molecular weight is 267 g/mol.